The van der Waals surface area contributed by atoms with Crippen LogP contribution in [0.2, 0.25) is 5.02 Å². The average Bonchev–Trinajstić information content (AvgIpc) is 2.71. The van der Waals surface area contributed by atoms with Crippen LogP contribution in [0.4, 0.5) is 0 Å². The maximum absolute atomic E-state index is 10.4. The van der Waals surface area contributed by atoms with Crippen LogP contribution >= 0.6 is 11.6 Å². The molecule has 2 rings (SSSR count). The van der Waals surface area contributed by atoms with Crippen LogP contribution in [-0.2, 0) is 16.1 Å². The highest BCUT2D eigenvalue weighted by Crippen LogP contribution is 2.33. The van der Waals surface area contributed by atoms with Crippen LogP contribution in [0.25, 0.3) is 10.9 Å². The second-order valence-corrected chi connectivity index (χ2v) is 4.29. The van der Waals surface area contributed by atoms with Crippen LogP contribution in [-0.4, -0.2) is 11.0 Å². The Morgan fingerprint density at radius 2 is 2.39 bits per heavy atom. The fourth-order valence-electron chi connectivity index (χ4n) is 2.01. The fourth-order valence-corrected chi connectivity index (χ4v) is 2.29. The molecule has 92 valence electrons. The van der Waals surface area contributed by atoms with Gasteiger partial charge in [0.25, 0.3) is 6.47 Å². The summed E-state index contributed by atoms with van der Waals surface area (Å²) in [5.74, 6) is 0. The molecular formula is C13H11ClN2O2. The maximum atomic E-state index is 10.4. The molecule has 0 radical (unpaired) electrons. The van der Waals surface area contributed by atoms with Crippen molar-refractivity contribution in [2.75, 3.05) is 0 Å². The number of benzene rings is 1. The lowest BCUT2D eigenvalue weighted by atomic mass is 10.1. The highest BCUT2D eigenvalue weighted by atomic mass is 35.5. The number of aromatic nitrogens is 1. The number of nitrogens with zero attached hydrogens (tertiary/aromatic N) is 2. The largest absolute Gasteiger partial charge is 0.460 e. The second kappa shape index (κ2) is 5.11. The molecule has 1 aromatic heterocycles. The van der Waals surface area contributed by atoms with E-state index < -0.39 is 6.10 Å². The zero-order valence-electron chi connectivity index (χ0n) is 9.76. The molecule has 1 heterocycles. The van der Waals surface area contributed by atoms with Gasteiger partial charge < -0.3 is 9.30 Å². The van der Waals surface area contributed by atoms with Gasteiger partial charge in [0.05, 0.1) is 16.6 Å². The van der Waals surface area contributed by atoms with Crippen LogP contribution in [0.15, 0.2) is 24.4 Å². The van der Waals surface area contributed by atoms with Gasteiger partial charge in [0.1, 0.15) is 12.6 Å². The lowest BCUT2D eigenvalue weighted by Gasteiger charge is -2.08. The number of fused-ring (bicyclic) bond motifs is 1. The quantitative estimate of drug-likeness (QED) is 0.796. The van der Waals surface area contributed by atoms with Crippen molar-refractivity contribution < 1.29 is 9.53 Å². The molecule has 0 saturated heterocycles. The SMILES string of the molecule is CC(OC=O)c1cn(CC#N)c2cccc(Cl)c12. The molecule has 1 atom stereocenters. The number of rotatable bonds is 4. The van der Waals surface area contributed by atoms with Gasteiger partial charge in [-0.2, -0.15) is 5.26 Å². The van der Waals surface area contributed by atoms with Crippen LogP contribution in [0.3, 0.4) is 0 Å². The Balaban J connectivity index is 2.66. The second-order valence-electron chi connectivity index (χ2n) is 3.88. The normalized spacial score (nSPS) is 12.1. The van der Waals surface area contributed by atoms with Crippen molar-refractivity contribution >= 4 is 29.0 Å². The molecular weight excluding hydrogens is 252 g/mol. The van der Waals surface area contributed by atoms with E-state index in [0.29, 0.717) is 11.5 Å². The molecule has 1 unspecified atom stereocenters. The molecule has 0 aliphatic heterocycles. The first kappa shape index (κ1) is 12.5. The maximum Gasteiger partial charge on any atom is 0.293 e. The highest BCUT2D eigenvalue weighted by molar-refractivity contribution is 6.35. The van der Waals surface area contributed by atoms with E-state index in [0.717, 1.165) is 16.5 Å². The molecule has 1 aromatic carbocycles. The van der Waals surface area contributed by atoms with E-state index in [1.165, 1.54) is 0 Å². The Labute approximate surface area is 109 Å². The molecule has 0 spiro atoms. The zero-order valence-corrected chi connectivity index (χ0v) is 10.5. The van der Waals surface area contributed by atoms with Crippen molar-refractivity contribution in [3.63, 3.8) is 0 Å². The summed E-state index contributed by atoms with van der Waals surface area (Å²) in [5.41, 5.74) is 1.67. The van der Waals surface area contributed by atoms with Crippen molar-refractivity contribution in [1.29, 1.82) is 5.26 Å². The van der Waals surface area contributed by atoms with Gasteiger partial charge in [0.15, 0.2) is 0 Å². The van der Waals surface area contributed by atoms with E-state index in [1.807, 2.05) is 12.1 Å². The summed E-state index contributed by atoms with van der Waals surface area (Å²) in [6.45, 7) is 2.41. The minimum absolute atomic E-state index is 0.227. The third-order valence-corrected chi connectivity index (χ3v) is 3.14. The van der Waals surface area contributed by atoms with E-state index in [4.69, 9.17) is 21.6 Å². The van der Waals surface area contributed by atoms with Gasteiger partial charge in [0.2, 0.25) is 0 Å². The van der Waals surface area contributed by atoms with Gasteiger partial charge >= 0.3 is 0 Å². The minimum atomic E-state index is -0.398. The third kappa shape index (κ3) is 2.05. The van der Waals surface area contributed by atoms with Gasteiger partial charge in [-0.25, -0.2) is 0 Å². The van der Waals surface area contributed by atoms with Crippen molar-refractivity contribution in [3.05, 3.63) is 35.0 Å². The first-order chi connectivity index (χ1) is 8.69. The van der Waals surface area contributed by atoms with Crippen LogP contribution in [0, 0.1) is 11.3 Å². The lowest BCUT2D eigenvalue weighted by Crippen LogP contribution is -1.97. The first-order valence-corrected chi connectivity index (χ1v) is 5.80. The Hall–Kier alpha value is -1.99. The number of hydrogen-bond acceptors (Lipinski definition) is 3. The summed E-state index contributed by atoms with van der Waals surface area (Å²) in [5, 5.41) is 10.2. The van der Waals surface area contributed by atoms with Crippen molar-refractivity contribution in [2.24, 2.45) is 0 Å². The molecule has 4 nitrogen and oxygen atoms in total. The minimum Gasteiger partial charge on any atom is -0.460 e. The summed E-state index contributed by atoms with van der Waals surface area (Å²) in [7, 11) is 0. The number of ether oxygens (including phenoxy) is 1. The average molecular weight is 263 g/mol. The topological polar surface area (TPSA) is 55.0 Å². The highest BCUT2D eigenvalue weighted by Gasteiger charge is 2.17. The number of halogens is 1. The van der Waals surface area contributed by atoms with Crippen LogP contribution in [0.5, 0.6) is 0 Å². The number of carbonyl (C=O) groups is 1. The lowest BCUT2D eigenvalue weighted by molar-refractivity contribution is -0.133. The zero-order chi connectivity index (χ0) is 13.1. The molecule has 0 N–H and O–H groups in total. The summed E-state index contributed by atoms with van der Waals surface area (Å²) in [6.07, 6.45) is 1.40. The van der Waals surface area contributed by atoms with Gasteiger partial charge in [-0.15, -0.1) is 0 Å². The first-order valence-electron chi connectivity index (χ1n) is 5.42. The Morgan fingerprint density at radius 3 is 3.06 bits per heavy atom. The summed E-state index contributed by atoms with van der Waals surface area (Å²) >= 11 is 6.18. The summed E-state index contributed by atoms with van der Waals surface area (Å²) in [6, 6.07) is 7.58. The monoisotopic (exact) mass is 262 g/mol. The molecule has 0 fully saturated rings. The van der Waals surface area contributed by atoms with Gasteiger partial charge in [0, 0.05) is 17.1 Å². The van der Waals surface area contributed by atoms with Crippen LogP contribution in [0.1, 0.15) is 18.6 Å². The summed E-state index contributed by atoms with van der Waals surface area (Å²) < 4.78 is 6.74. The van der Waals surface area contributed by atoms with Gasteiger partial charge in [-0.05, 0) is 19.1 Å². The molecule has 0 amide bonds. The fraction of sp³-hybridized carbons (Fsp3) is 0.231. The van der Waals surface area contributed by atoms with E-state index in [2.05, 4.69) is 6.07 Å². The smallest absolute Gasteiger partial charge is 0.293 e. The van der Waals surface area contributed by atoms with Gasteiger partial charge in [-0.1, -0.05) is 17.7 Å². The summed E-state index contributed by atoms with van der Waals surface area (Å²) in [4.78, 5) is 10.4. The Bertz CT molecular complexity index is 628. The predicted octanol–water partition coefficient (Wildman–Crippen LogP) is 3.05. The number of hydrogen-bond donors (Lipinski definition) is 0. The molecule has 5 heteroatoms. The van der Waals surface area contributed by atoms with E-state index in [9.17, 15) is 4.79 Å². The van der Waals surface area contributed by atoms with Gasteiger partial charge in [-0.3, -0.25) is 4.79 Å². The molecule has 0 saturated carbocycles. The van der Waals surface area contributed by atoms with E-state index in [1.54, 1.807) is 23.8 Å². The standard InChI is InChI=1S/C13H11ClN2O2/c1-9(18-8-17)10-7-16(6-5-15)12-4-2-3-11(14)13(10)12/h2-4,7-9H,6H2,1H3. The molecule has 2 aromatic rings. The Kier molecular flexibility index (Phi) is 3.54. The number of carbonyl (C=O) groups excluding carboxylic acids is 1. The number of nitriles is 1. The molecule has 18 heavy (non-hydrogen) atoms. The van der Waals surface area contributed by atoms with Crippen molar-refractivity contribution in [2.45, 2.75) is 19.6 Å². The molecule has 0 aliphatic rings. The third-order valence-electron chi connectivity index (χ3n) is 2.82. The molecule has 0 aliphatic carbocycles. The molecule has 0 bridgehead atoms. The van der Waals surface area contributed by atoms with Crippen molar-refractivity contribution in [1.82, 2.24) is 4.57 Å². The van der Waals surface area contributed by atoms with Crippen molar-refractivity contribution in [3.8, 4) is 6.07 Å². The van der Waals surface area contributed by atoms with E-state index >= 15 is 0 Å². The predicted molar refractivity (Wildman–Crippen MR) is 68.1 cm³/mol. The van der Waals surface area contributed by atoms with Crippen LogP contribution < -0.4 is 0 Å². The van der Waals surface area contributed by atoms with E-state index in [-0.39, 0.29) is 6.54 Å². The Morgan fingerprint density at radius 1 is 1.61 bits per heavy atom.